The van der Waals surface area contributed by atoms with Crippen LogP contribution in [0.25, 0.3) is 0 Å². The lowest BCUT2D eigenvalue weighted by atomic mass is 10.00. The van der Waals surface area contributed by atoms with E-state index in [1.54, 1.807) is 0 Å². The normalized spacial score (nSPS) is 17.6. The van der Waals surface area contributed by atoms with Crippen LogP contribution in [0.3, 0.4) is 0 Å². The molecule has 0 radical (unpaired) electrons. The zero-order chi connectivity index (χ0) is 19.4. The predicted octanol–water partition coefficient (Wildman–Crippen LogP) is 6.08. The van der Waals surface area contributed by atoms with Crippen LogP contribution in [-0.4, -0.2) is 22.5 Å². The number of anilines is 1. The van der Waals surface area contributed by atoms with Gasteiger partial charge in [0.05, 0.1) is 11.0 Å². The average Bonchev–Trinajstić information content (AvgIpc) is 3.19. The molecule has 3 rings (SSSR count). The third-order valence-electron chi connectivity index (χ3n) is 5.60. The van der Waals surface area contributed by atoms with Gasteiger partial charge in [0.1, 0.15) is 0 Å². The number of hydrogen-bond donors (Lipinski definition) is 1. The number of hydrogen-bond acceptors (Lipinski definition) is 2. The molecule has 1 N–H and O–H groups in total. The molecular weight excluding hydrogens is 348 g/mol. The molecule has 0 unspecified atom stereocenters. The summed E-state index contributed by atoms with van der Waals surface area (Å²) in [6.07, 6.45) is 3.31. The van der Waals surface area contributed by atoms with E-state index in [9.17, 15) is 0 Å². The minimum atomic E-state index is 0.236. The summed E-state index contributed by atoms with van der Waals surface area (Å²) >= 11 is 5.90. The van der Waals surface area contributed by atoms with Crippen molar-refractivity contribution in [2.75, 3.05) is 11.9 Å². The Labute approximate surface area is 169 Å². The predicted molar refractivity (Wildman–Crippen MR) is 121 cm³/mol. The van der Waals surface area contributed by atoms with E-state index in [0.29, 0.717) is 0 Å². The molecule has 0 aliphatic carbocycles. The van der Waals surface area contributed by atoms with Crippen LogP contribution in [0.4, 0.5) is 5.69 Å². The fourth-order valence-corrected chi connectivity index (χ4v) is 4.22. The van der Waals surface area contributed by atoms with E-state index in [0.717, 1.165) is 42.2 Å². The second-order valence-electron chi connectivity index (χ2n) is 7.48. The summed E-state index contributed by atoms with van der Waals surface area (Å²) < 4.78 is 0. The monoisotopic (exact) mass is 378 g/mol. The van der Waals surface area contributed by atoms with Gasteiger partial charge in [-0.3, -0.25) is 0 Å². The molecule has 3 heteroatoms. The van der Waals surface area contributed by atoms with Gasteiger partial charge in [0.25, 0.3) is 0 Å². The molecule has 0 saturated carbocycles. The van der Waals surface area contributed by atoms with Gasteiger partial charge in [-0.15, -0.1) is 0 Å². The van der Waals surface area contributed by atoms with Gasteiger partial charge in [-0.2, -0.15) is 0 Å². The standard InChI is InChI=1S/C24H30N2S/c1-5-20-13-14-22(17(2)16-20)25-19(4)23-12-9-15-26(23)24(27)18(3)21-10-7-6-8-11-21/h6-8,10-11,13-14,16,18,23,25H,4-5,9,12,15H2,1-3H3/t18-,23+/m1/s1. The Morgan fingerprint density at radius 3 is 2.67 bits per heavy atom. The summed E-state index contributed by atoms with van der Waals surface area (Å²) in [4.78, 5) is 3.39. The minimum Gasteiger partial charge on any atom is -0.357 e. The van der Waals surface area contributed by atoms with Crippen molar-refractivity contribution >= 4 is 22.9 Å². The van der Waals surface area contributed by atoms with E-state index >= 15 is 0 Å². The number of thiocarbonyl (C=S) groups is 1. The van der Waals surface area contributed by atoms with Crippen LogP contribution in [0.15, 0.2) is 60.8 Å². The second-order valence-corrected chi connectivity index (χ2v) is 7.89. The van der Waals surface area contributed by atoms with E-state index in [1.807, 2.05) is 0 Å². The first-order chi connectivity index (χ1) is 13.0. The summed E-state index contributed by atoms with van der Waals surface area (Å²) in [5.41, 5.74) is 6.09. The fourth-order valence-electron chi connectivity index (χ4n) is 3.87. The molecule has 2 aromatic rings. The van der Waals surface area contributed by atoms with Crippen LogP contribution in [0.5, 0.6) is 0 Å². The highest BCUT2D eigenvalue weighted by Gasteiger charge is 2.31. The maximum absolute atomic E-state index is 5.90. The molecule has 1 fully saturated rings. The average molecular weight is 379 g/mol. The molecule has 1 aliphatic rings. The number of nitrogens with zero attached hydrogens (tertiary/aromatic N) is 1. The first-order valence-electron chi connectivity index (χ1n) is 9.92. The maximum atomic E-state index is 5.90. The quantitative estimate of drug-likeness (QED) is 0.613. The molecule has 27 heavy (non-hydrogen) atoms. The molecule has 2 nitrogen and oxygen atoms in total. The smallest absolute Gasteiger partial charge is 0.0858 e. The highest BCUT2D eigenvalue weighted by Crippen LogP contribution is 2.30. The van der Waals surface area contributed by atoms with Gasteiger partial charge >= 0.3 is 0 Å². The Hall–Kier alpha value is -2.13. The largest absolute Gasteiger partial charge is 0.357 e. The van der Waals surface area contributed by atoms with E-state index in [1.165, 1.54) is 16.7 Å². The Morgan fingerprint density at radius 1 is 1.26 bits per heavy atom. The molecule has 0 bridgehead atoms. The molecule has 142 valence electrons. The van der Waals surface area contributed by atoms with Crippen molar-refractivity contribution in [1.82, 2.24) is 4.90 Å². The van der Waals surface area contributed by atoms with Crippen LogP contribution in [0.1, 0.15) is 49.3 Å². The molecule has 0 aromatic heterocycles. The van der Waals surface area contributed by atoms with Crippen LogP contribution >= 0.6 is 12.2 Å². The van der Waals surface area contributed by atoms with E-state index < -0.39 is 0 Å². The molecule has 2 atom stereocenters. The van der Waals surface area contributed by atoms with Gasteiger partial charge in [-0.05, 0) is 48.9 Å². The highest BCUT2D eigenvalue weighted by atomic mass is 32.1. The zero-order valence-corrected chi connectivity index (χ0v) is 17.5. The molecule has 1 aliphatic heterocycles. The molecule has 0 amide bonds. The lowest BCUT2D eigenvalue weighted by molar-refractivity contribution is 0.429. The van der Waals surface area contributed by atoms with E-state index in [-0.39, 0.29) is 12.0 Å². The third-order valence-corrected chi connectivity index (χ3v) is 6.19. The van der Waals surface area contributed by atoms with Crippen molar-refractivity contribution < 1.29 is 0 Å². The van der Waals surface area contributed by atoms with Crippen LogP contribution in [-0.2, 0) is 6.42 Å². The summed E-state index contributed by atoms with van der Waals surface area (Å²) in [7, 11) is 0. The molecular formula is C24H30N2S. The van der Waals surface area contributed by atoms with Crippen molar-refractivity contribution in [2.45, 2.75) is 52.0 Å². The molecule has 1 saturated heterocycles. The highest BCUT2D eigenvalue weighted by molar-refractivity contribution is 7.80. The van der Waals surface area contributed by atoms with Crippen molar-refractivity contribution in [2.24, 2.45) is 0 Å². The first kappa shape index (κ1) is 19.6. The van der Waals surface area contributed by atoms with Gasteiger partial charge < -0.3 is 10.2 Å². The number of nitrogens with one attached hydrogen (secondary N) is 1. The molecule has 0 spiro atoms. The van der Waals surface area contributed by atoms with Gasteiger partial charge in [0, 0.05) is 23.8 Å². The summed E-state index contributed by atoms with van der Waals surface area (Å²) in [6.45, 7) is 11.9. The van der Waals surface area contributed by atoms with Crippen molar-refractivity contribution in [1.29, 1.82) is 0 Å². The Morgan fingerprint density at radius 2 is 2.00 bits per heavy atom. The minimum absolute atomic E-state index is 0.236. The Balaban J connectivity index is 1.72. The van der Waals surface area contributed by atoms with E-state index in [2.05, 4.69) is 86.1 Å². The van der Waals surface area contributed by atoms with Gasteiger partial charge in [-0.25, -0.2) is 0 Å². The topological polar surface area (TPSA) is 15.3 Å². The lowest BCUT2D eigenvalue weighted by Crippen LogP contribution is -2.39. The molecule has 2 aromatic carbocycles. The Kier molecular flexibility index (Phi) is 6.33. The number of likely N-dealkylation sites (tertiary alicyclic amines) is 1. The van der Waals surface area contributed by atoms with Crippen LogP contribution in [0.2, 0.25) is 0 Å². The first-order valence-corrected chi connectivity index (χ1v) is 10.3. The van der Waals surface area contributed by atoms with E-state index in [4.69, 9.17) is 12.2 Å². The summed E-state index contributed by atoms with van der Waals surface area (Å²) in [5, 5.41) is 3.57. The van der Waals surface area contributed by atoms with Crippen LogP contribution < -0.4 is 5.32 Å². The van der Waals surface area contributed by atoms with Gasteiger partial charge in [-0.1, -0.05) is 75.1 Å². The number of benzene rings is 2. The Bertz CT molecular complexity index is 812. The summed E-state index contributed by atoms with van der Waals surface area (Å²) in [5.74, 6) is 0.236. The number of aryl methyl sites for hydroxylation is 2. The maximum Gasteiger partial charge on any atom is 0.0858 e. The lowest BCUT2D eigenvalue weighted by Gasteiger charge is -2.32. The second kappa shape index (κ2) is 8.71. The SMILES string of the molecule is C=C(Nc1ccc(CC)cc1C)[C@@H]1CCCN1C(=S)[C@H](C)c1ccccc1. The van der Waals surface area contributed by atoms with Gasteiger partial charge in [0.15, 0.2) is 0 Å². The van der Waals surface area contributed by atoms with Crippen molar-refractivity contribution in [3.63, 3.8) is 0 Å². The fraction of sp³-hybridized carbons (Fsp3) is 0.375. The van der Waals surface area contributed by atoms with Crippen LogP contribution in [0, 0.1) is 6.92 Å². The molecule has 1 heterocycles. The summed E-state index contributed by atoms with van der Waals surface area (Å²) in [6, 6.07) is 17.4. The van der Waals surface area contributed by atoms with Crippen molar-refractivity contribution in [3.8, 4) is 0 Å². The van der Waals surface area contributed by atoms with Gasteiger partial charge in [0.2, 0.25) is 0 Å². The zero-order valence-electron chi connectivity index (χ0n) is 16.7. The number of rotatable bonds is 6. The third kappa shape index (κ3) is 4.41. The van der Waals surface area contributed by atoms with Crippen molar-refractivity contribution in [3.05, 3.63) is 77.5 Å².